The molecular formula is C17H16ClNO4. The molecule has 0 bridgehead atoms. The molecule has 0 atom stereocenters. The van der Waals surface area contributed by atoms with Gasteiger partial charge in [0.2, 0.25) is 5.91 Å². The van der Waals surface area contributed by atoms with E-state index in [1.54, 1.807) is 42.5 Å². The molecule has 6 heteroatoms. The van der Waals surface area contributed by atoms with Gasteiger partial charge in [-0.3, -0.25) is 4.79 Å². The lowest BCUT2D eigenvalue weighted by molar-refractivity contribution is -0.115. The van der Waals surface area contributed by atoms with E-state index < -0.39 is 5.97 Å². The number of esters is 1. The van der Waals surface area contributed by atoms with Gasteiger partial charge in [-0.25, -0.2) is 4.79 Å². The van der Waals surface area contributed by atoms with Crippen LogP contribution in [-0.2, 0) is 16.0 Å². The lowest BCUT2D eigenvalue weighted by Crippen LogP contribution is -2.15. The number of rotatable bonds is 5. The fourth-order valence-electron chi connectivity index (χ4n) is 2.07. The van der Waals surface area contributed by atoms with E-state index in [0.29, 0.717) is 27.6 Å². The minimum atomic E-state index is -0.424. The highest BCUT2D eigenvalue weighted by Crippen LogP contribution is 2.23. The molecule has 0 unspecified atom stereocenters. The van der Waals surface area contributed by atoms with E-state index in [1.165, 1.54) is 14.2 Å². The number of hydrogen-bond acceptors (Lipinski definition) is 4. The molecule has 0 aliphatic carbocycles. The van der Waals surface area contributed by atoms with Crippen LogP contribution in [0.1, 0.15) is 15.9 Å². The Morgan fingerprint density at radius 3 is 2.39 bits per heavy atom. The number of benzene rings is 2. The zero-order valence-corrected chi connectivity index (χ0v) is 13.5. The summed E-state index contributed by atoms with van der Waals surface area (Å²) in [4.78, 5) is 23.5. The molecule has 0 spiro atoms. The lowest BCUT2D eigenvalue weighted by Gasteiger charge is -2.10. The zero-order valence-electron chi connectivity index (χ0n) is 12.8. The zero-order chi connectivity index (χ0) is 16.8. The number of carbonyl (C=O) groups excluding carboxylic acids is 2. The van der Waals surface area contributed by atoms with E-state index in [2.05, 4.69) is 10.1 Å². The van der Waals surface area contributed by atoms with Crippen molar-refractivity contribution in [2.24, 2.45) is 0 Å². The van der Waals surface area contributed by atoms with Gasteiger partial charge in [-0.1, -0.05) is 11.6 Å². The molecule has 23 heavy (non-hydrogen) atoms. The maximum Gasteiger partial charge on any atom is 0.337 e. The Bertz CT molecular complexity index is 713. The number of nitrogens with one attached hydrogen (secondary N) is 1. The first-order chi connectivity index (χ1) is 11.0. The van der Waals surface area contributed by atoms with Crippen molar-refractivity contribution in [3.8, 4) is 5.75 Å². The van der Waals surface area contributed by atoms with Gasteiger partial charge >= 0.3 is 5.97 Å². The first-order valence-corrected chi connectivity index (χ1v) is 7.22. The Hall–Kier alpha value is -2.53. The molecule has 0 aliphatic rings. The predicted molar refractivity (Wildman–Crippen MR) is 88.1 cm³/mol. The van der Waals surface area contributed by atoms with E-state index >= 15 is 0 Å². The van der Waals surface area contributed by atoms with Crippen molar-refractivity contribution in [3.63, 3.8) is 0 Å². The van der Waals surface area contributed by atoms with Crippen LogP contribution in [0.15, 0.2) is 42.5 Å². The summed E-state index contributed by atoms with van der Waals surface area (Å²) >= 11 is 5.95. The van der Waals surface area contributed by atoms with Gasteiger partial charge in [0, 0.05) is 16.3 Å². The van der Waals surface area contributed by atoms with Crippen molar-refractivity contribution in [1.29, 1.82) is 0 Å². The van der Waals surface area contributed by atoms with Gasteiger partial charge in [-0.2, -0.15) is 0 Å². The van der Waals surface area contributed by atoms with E-state index in [4.69, 9.17) is 16.3 Å². The van der Waals surface area contributed by atoms with Crippen LogP contribution in [0.25, 0.3) is 0 Å². The van der Waals surface area contributed by atoms with Gasteiger partial charge < -0.3 is 14.8 Å². The van der Waals surface area contributed by atoms with Gasteiger partial charge in [0.25, 0.3) is 0 Å². The van der Waals surface area contributed by atoms with E-state index in [-0.39, 0.29) is 12.3 Å². The molecule has 0 saturated carbocycles. The first-order valence-electron chi connectivity index (χ1n) is 6.84. The number of halogens is 1. The largest absolute Gasteiger partial charge is 0.496 e. The van der Waals surface area contributed by atoms with Crippen molar-refractivity contribution in [2.45, 2.75) is 6.42 Å². The van der Waals surface area contributed by atoms with Gasteiger partial charge in [0.15, 0.2) is 0 Å². The number of methoxy groups -OCH3 is 2. The first kappa shape index (κ1) is 16.8. The van der Waals surface area contributed by atoms with E-state index in [9.17, 15) is 9.59 Å². The number of ether oxygens (including phenoxy) is 2. The summed E-state index contributed by atoms with van der Waals surface area (Å²) in [5, 5.41) is 3.29. The second kappa shape index (κ2) is 7.65. The Morgan fingerprint density at radius 2 is 1.78 bits per heavy atom. The number of hydrogen-bond donors (Lipinski definition) is 1. The maximum absolute atomic E-state index is 12.1. The molecule has 1 amide bonds. The van der Waals surface area contributed by atoms with Crippen LogP contribution < -0.4 is 10.1 Å². The van der Waals surface area contributed by atoms with Crippen molar-refractivity contribution in [3.05, 3.63) is 58.6 Å². The summed E-state index contributed by atoms with van der Waals surface area (Å²) in [5.41, 5.74) is 1.70. The average molecular weight is 334 g/mol. The molecular weight excluding hydrogens is 318 g/mol. The van der Waals surface area contributed by atoms with Crippen LogP contribution in [0, 0.1) is 0 Å². The summed E-state index contributed by atoms with van der Waals surface area (Å²) < 4.78 is 9.84. The molecule has 2 aromatic rings. The van der Waals surface area contributed by atoms with Crippen LogP contribution in [0.5, 0.6) is 5.75 Å². The predicted octanol–water partition coefficient (Wildman–Crippen LogP) is 3.32. The molecule has 0 fully saturated rings. The SMILES string of the molecule is COC(=O)c1ccc(NC(=O)Cc2cc(Cl)ccc2OC)cc1. The van der Waals surface area contributed by atoms with Crippen molar-refractivity contribution in [1.82, 2.24) is 0 Å². The quantitative estimate of drug-likeness (QED) is 0.852. The highest BCUT2D eigenvalue weighted by molar-refractivity contribution is 6.30. The summed E-state index contributed by atoms with van der Waals surface area (Å²) in [6, 6.07) is 11.6. The summed E-state index contributed by atoms with van der Waals surface area (Å²) in [6.07, 6.45) is 0.127. The fraction of sp³-hybridized carbons (Fsp3) is 0.176. The van der Waals surface area contributed by atoms with Crippen molar-refractivity contribution < 1.29 is 19.1 Å². The third-order valence-corrected chi connectivity index (χ3v) is 3.42. The Balaban J connectivity index is 2.05. The maximum atomic E-state index is 12.1. The molecule has 0 heterocycles. The van der Waals surface area contributed by atoms with Crippen molar-refractivity contribution >= 4 is 29.2 Å². The topological polar surface area (TPSA) is 64.6 Å². The number of carbonyl (C=O) groups is 2. The molecule has 120 valence electrons. The minimum Gasteiger partial charge on any atom is -0.496 e. The van der Waals surface area contributed by atoms with Gasteiger partial charge in [0.05, 0.1) is 26.2 Å². The molecule has 5 nitrogen and oxygen atoms in total. The van der Waals surface area contributed by atoms with Gasteiger partial charge in [-0.05, 0) is 42.5 Å². The molecule has 0 saturated heterocycles. The third-order valence-electron chi connectivity index (χ3n) is 3.18. The van der Waals surface area contributed by atoms with E-state index in [0.717, 1.165) is 0 Å². The highest BCUT2D eigenvalue weighted by atomic mass is 35.5. The van der Waals surface area contributed by atoms with E-state index in [1.807, 2.05) is 0 Å². The smallest absolute Gasteiger partial charge is 0.337 e. The third kappa shape index (κ3) is 4.47. The average Bonchev–Trinajstić information content (AvgIpc) is 2.55. The molecule has 0 aromatic heterocycles. The lowest BCUT2D eigenvalue weighted by atomic mass is 10.1. The fourth-order valence-corrected chi connectivity index (χ4v) is 2.27. The van der Waals surface area contributed by atoms with Gasteiger partial charge in [-0.15, -0.1) is 0 Å². The second-order valence-corrected chi connectivity index (χ2v) is 5.19. The molecule has 2 rings (SSSR count). The van der Waals surface area contributed by atoms with Crippen LogP contribution in [-0.4, -0.2) is 26.1 Å². The van der Waals surface area contributed by atoms with Crippen molar-refractivity contribution in [2.75, 3.05) is 19.5 Å². The summed E-state index contributed by atoms with van der Waals surface area (Å²) in [5.74, 6) is -0.0338. The second-order valence-electron chi connectivity index (χ2n) is 4.75. The monoisotopic (exact) mass is 333 g/mol. The molecule has 1 N–H and O–H groups in total. The molecule has 0 aliphatic heterocycles. The Morgan fingerprint density at radius 1 is 1.09 bits per heavy atom. The van der Waals surface area contributed by atoms with Crippen LogP contribution in [0.2, 0.25) is 5.02 Å². The highest BCUT2D eigenvalue weighted by Gasteiger charge is 2.11. The number of anilines is 1. The minimum absolute atomic E-state index is 0.127. The summed E-state index contributed by atoms with van der Waals surface area (Å²) in [7, 11) is 2.85. The van der Waals surface area contributed by atoms with Crippen LogP contribution in [0.4, 0.5) is 5.69 Å². The normalized spacial score (nSPS) is 10.0. The molecule has 0 radical (unpaired) electrons. The Labute approximate surface area is 139 Å². The standard InChI is InChI=1S/C17H16ClNO4/c1-22-15-8-5-13(18)9-12(15)10-16(20)19-14-6-3-11(4-7-14)17(21)23-2/h3-9H,10H2,1-2H3,(H,19,20). The van der Waals surface area contributed by atoms with Gasteiger partial charge in [0.1, 0.15) is 5.75 Å². The summed E-state index contributed by atoms with van der Waals surface area (Å²) in [6.45, 7) is 0. The van der Waals surface area contributed by atoms with Crippen LogP contribution in [0.3, 0.4) is 0 Å². The molecule has 2 aromatic carbocycles. The number of amides is 1. The van der Waals surface area contributed by atoms with Crippen LogP contribution >= 0.6 is 11.6 Å². The Kier molecular flexibility index (Phi) is 5.60.